The lowest BCUT2D eigenvalue weighted by molar-refractivity contribution is -0.114. The molecule has 0 bridgehead atoms. The Bertz CT molecular complexity index is 1070. The van der Waals surface area contributed by atoms with E-state index in [9.17, 15) is 19.2 Å². The maximum Gasteiger partial charge on any atom is 0.221 e. The van der Waals surface area contributed by atoms with Crippen LogP contribution in [0.3, 0.4) is 0 Å². The van der Waals surface area contributed by atoms with Crippen molar-refractivity contribution < 1.29 is 14.0 Å². The molecule has 1 amide bonds. The molecule has 1 aromatic heterocycles. The molecule has 0 radical (unpaired) electrons. The number of fused-ring (bicyclic) bond motifs is 1. The van der Waals surface area contributed by atoms with Gasteiger partial charge >= 0.3 is 0 Å². The van der Waals surface area contributed by atoms with E-state index in [1.807, 2.05) is 6.07 Å². The zero-order valence-electron chi connectivity index (χ0n) is 13.8. The predicted molar refractivity (Wildman–Crippen MR) is 96.9 cm³/mol. The van der Waals surface area contributed by atoms with E-state index >= 15 is 0 Å². The van der Waals surface area contributed by atoms with Gasteiger partial charge in [0.05, 0.1) is 0 Å². The molecule has 128 valence electrons. The Kier molecular flexibility index (Phi) is 4.63. The molecular formula is C20H14FN3O2. The van der Waals surface area contributed by atoms with Gasteiger partial charge in [0.15, 0.2) is 0 Å². The second kappa shape index (κ2) is 7.03. The summed E-state index contributed by atoms with van der Waals surface area (Å²) in [6.45, 7) is 1.41. The maximum atomic E-state index is 13.3. The van der Waals surface area contributed by atoms with Crippen molar-refractivity contribution in [2.24, 2.45) is 0 Å². The Morgan fingerprint density at radius 2 is 1.92 bits per heavy atom. The molecule has 1 heterocycles. The van der Waals surface area contributed by atoms with Crippen LogP contribution in [0.15, 0.2) is 54.2 Å². The summed E-state index contributed by atoms with van der Waals surface area (Å²) in [4.78, 5) is 26.6. The molecule has 0 spiro atoms. The van der Waals surface area contributed by atoms with E-state index in [2.05, 4.69) is 10.3 Å². The lowest BCUT2D eigenvalue weighted by Crippen LogP contribution is -2.05. The second-order valence-electron chi connectivity index (χ2n) is 5.69. The van der Waals surface area contributed by atoms with Crippen LogP contribution >= 0.6 is 0 Å². The largest absolute Gasteiger partial charge is 0.360 e. The number of benzene rings is 2. The van der Waals surface area contributed by atoms with Gasteiger partial charge in [0.2, 0.25) is 11.7 Å². The molecule has 2 aromatic carbocycles. The van der Waals surface area contributed by atoms with Crippen LogP contribution in [-0.4, -0.2) is 16.7 Å². The summed E-state index contributed by atoms with van der Waals surface area (Å²) in [5, 5.41) is 12.6. The zero-order valence-corrected chi connectivity index (χ0v) is 13.8. The number of nitriles is 1. The van der Waals surface area contributed by atoms with Crippen molar-refractivity contribution in [3.8, 4) is 6.07 Å². The number of amides is 1. The SMILES string of the molecule is CC(=O)Nc1ccc(C=C(C#N)C(=O)c2c[nH]c3cc(F)ccc23)cc1. The molecule has 0 atom stereocenters. The summed E-state index contributed by atoms with van der Waals surface area (Å²) < 4.78 is 13.3. The molecule has 3 aromatic rings. The third-order valence-electron chi connectivity index (χ3n) is 3.80. The van der Waals surface area contributed by atoms with Gasteiger partial charge in [-0.1, -0.05) is 12.1 Å². The first-order chi connectivity index (χ1) is 12.5. The van der Waals surface area contributed by atoms with Gasteiger partial charge in [-0.25, -0.2) is 4.39 Å². The number of ketones is 1. The van der Waals surface area contributed by atoms with Crippen molar-refractivity contribution in [3.05, 3.63) is 71.2 Å². The van der Waals surface area contributed by atoms with E-state index in [4.69, 9.17) is 0 Å². The minimum atomic E-state index is -0.448. The third-order valence-corrected chi connectivity index (χ3v) is 3.80. The topological polar surface area (TPSA) is 85.8 Å². The number of nitrogens with zero attached hydrogens (tertiary/aromatic N) is 1. The third kappa shape index (κ3) is 3.52. The average molecular weight is 347 g/mol. The highest BCUT2D eigenvalue weighted by molar-refractivity contribution is 6.19. The Hall–Kier alpha value is -3.72. The van der Waals surface area contributed by atoms with E-state index in [1.165, 1.54) is 37.4 Å². The molecule has 0 aliphatic rings. The molecule has 0 unspecified atom stereocenters. The van der Waals surface area contributed by atoms with Crippen molar-refractivity contribution in [2.75, 3.05) is 5.32 Å². The predicted octanol–water partition coefficient (Wildman–Crippen LogP) is 4.06. The minimum Gasteiger partial charge on any atom is -0.360 e. The van der Waals surface area contributed by atoms with Crippen molar-refractivity contribution in [2.45, 2.75) is 6.92 Å². The van der Waals surface area contributed by atoms with Crippen LogP contribution in [0.1, 0.15) is 22.8 Å². The fourth-order valence-corrected chi connectivity index (χ4v) is 2.61. The molecule has 2 N–H and O–H groups in total. The lowest BCUT2D eigenvalue weighted by atomic mass is 10.0. The summed E-state index contributed by atoms with van der Waals surface area (Å²) in [5.74, 6) is -1.04. The normalized spacial score (nSPS) is 11.2. The van der Waals surface area contributed by atoms with E-state index in [0.717, 1.165) is 0 Å². The van der Waals surface area contributed by atoms with Gasteiger partial charge in [-0.2, -0.15) is 5.26 Å². The Morgan fingerprint density at radius 1 is 1.19 bits per heavy atom. The number of anilines is 1. The summed E-state index contributed by atoms with van der Waals surface area (Å²) >= 11 is 0. The van der Waals surface area contributed by atoms with Crippen LogP contribution in [0.4, 0.5) is 10.1 Å². The van der Waals surface area contributed by atoms with Crippen molar-refractivity contribution in [3.63, 3.8) is 0 Å². The summed E-state index contributed by atoms with van der Waals surface area (Å²) in [5.41, 5.74) is 2.03. The molecule has 5 nitrogen and oxygen atoms in total. The Morgan fingerprint density at radius 3 is 2.58 bits per heavy atom. The monoisotopic (exact) mass is 347 g/mol. The van der Waals surface area contributed by atoms with Crippen LogP contribution < -0.4 is 5.32 Å². The van der Waals surface area contributed by atoms with Gasteiger partial charge in [0.25, 0.3) is 0 Å². The average Bonchev–Trinajstić information content (AvgIpc) is 3.03. The highest BCUT2D eigenvalue weighted by atomic mass is 19.1. The van der Waals surface area contributed by atoms with E-state index in [1.54, 1.807) is 24.3 Å². The van der Waals surface area contributed by atoms with Crippen LogP contribution in [0.2, 0.25) is 0 Å². The molecule has 3 rings (SSSR count). The number of halogens is 1. The summed E-state index contributed by atoms with van der Waals surface area (Å²) in [7, 11) is 0. The van der Waals surface area contributed by atoms with Gasteiger partial charge in [-0.3, -0.25) is 9.59 Å². The molecule has 0 aliphatic carbocycles. The number of hydrogen-bond donors (Lipinski definition) is 2. The first-order valence-corrected chi connectivity index (χ1v) is 7.78. The van der Waals surface area contributed by atoms with Crippen LogP contribution in [0, 0.1) is 17.1 Å². The highest BCUT2D eigenvalue weighted by Gasteiger charge is 2.17. The molecule has 0 fully saturated rings. The first kappa shape index (κ1) is 17.1. The number of aromatic amines is 1. The fourth-order valence-electron chi connectivity index (χ4n) is 2.61. The van der Waals surface area contributed by atoms with Crippen molar-refractivity contribution >= 4 is 34.4 Å². The molecule has 0 saturated carbocycles. The number of carbonyl (C=O) groups excluding carboxylic acids is 2. The second-order valence-corrected chi connectivity index (χ2v) is 5.69. The number of aromatic nitrogens is 1. The van der Waals surface area contributed by atoms with Crippen LogP contribution in [0.5, 0.6) is 0 Å². The van der Waals surface area contributed by atoms with Crippen molar-refractivity contribution in [1.29, 1.82) is 5.26 Å². The van der Waals surface area contributed by atoms with Gasteiger partial charge in [0.1, 0.15) is 17.5 Å². The Labute approximate surface area is 148 Å². The first-order valence-electron chi connectivity index (χ1n) is 7.78. The summed E-state index contributed by atoms with van der Waals surface area (Å²) in [6.07, 6.45) is 2.94. The highest BCUT2D eigenvalue weighted by Crippen LogP contribution is 2.23. The standard InChI is InChI=1S/C20H14FN3O2/c1-12(25)24-16-5-2-13(3-6-16)8-14(10-22)20(26)18-11-23-19-9-15(21)4-7-17(18)19/h2-9,11,23H,1H3,(H,24,25). The van der Waals surface area contributed by atoms with Gasteiger partial charge in [-0.15, -0.1) is 0 Å². The minimum absolute atomic E-state index is 0.0393. The number of allylic oxidation sites excluding steroid dienone is 1. The van der Waals surface area contributed by atoms with E-state index < -0.39 is 11.6 Å². The smallest absolute Gasteiger partial charge is 0.221 e. The maximum absolute atomic E-state index is 13.3. The number of hydrogen-bond acceptors (Lipinski definition) is 3. The number of nitrogens with one attached hydrogen (secondary N) is 2. The van der Waals surface area contributed by atoms with Crippen molar-refractivity contribution in [1.82, 2.24) is 4.98 Å². The fraction of sp³-hybridized carbons (Fsp3) is 0.0500. The summed E-state index contributed by atoms with van der Waals surface area (Å²) in [6, 6.07) is 12.7. The lowest BCUT2D eigenvalue weighted by Gasteiger charge is -2.03. The Balaban J connectivity index is 1.92. The molecule has 6 heteroatoms. The molecule has 26 heavy (non-hydrogen) atoms. The van der Waals surface area contributed by atoms with Gasteiger partial charge in [-0.05, 0) is 42.0 Å². The van der Waals surface area contributed by atoms with Crippen LogP contribution in [-0.2, 0) is 4.79 Å². The number of H-pyrrole nitrogens is 1. The van der Waals surface area contributed by atoms with Gasteiger partial charge < -0.3 is 10.3 Å². The van der Waals surface area contributed by atoms with E-state index in [0.29, 0.717) is 27.7 Å². The molecule has 0 saturated heterocycles. The molecule has 0 aliphatic heterocycles. The molecular weight excluding hydrogens is 333 g/mol. The zero-order chi connectivity index (χ0) is 18.7. The quantitative estimate of drug-likeness (QED) is 0.424. The number of Topliss-reactive ketones (excluding diaryl/α,β-unsaturated/α-hetero) is 1. The number of carbonyl (C=O) groups is 2. The van der Waals surface area contributed by atoms with Crippen LogP contribution in [0.25, 0.3) is 17.0 Å². The van der Waals surface area contributed by atoms with E-state index in [-0.39, 0.29) is 11.5 Å². The number of rotatable bonds is 4. The van der Waals surface area contributed by atoms with Gasteiger partial charge in [0, 0.05) is 35.3 Å².